The molecule has 0 spiro atoms. The molecule has 0 heterocycles. The molecule has 3 N–H and O–H groups in total. The van der Waals surface area contributed by atoms with E-state index >= 15 is 0 Å². The van der Waals surface area contributed by atoms with Crippen LogP contribution in [0, 0.1) is 39.4 Å². The van der Waals surface area contributed by atoms with Crippen LogP contribution in [-0.2, 0) is 24.0 Å². The largest absolute Gasteiger partial charge is 0.481 e. The van der Waals surface area contributed by atoms with Crippen LogP contribution in [0.1, 0.15) is 80.6 Å². The summed E-state index contributed by atoms with van der Waals surface area (Å²) >= 11 is 0. The Morgan fingerprint density at radius 3 is 2.24 bits per heavy atom. The maximum atomic E-state index is 14.1. The molecule has 4 rings (SSSR count). The van der Waals surface area contributed by atoms with Gasteiger partial charge in [-0.05, 0) is 37.7 Å². The van der Waals surface area contributed by atoms with Gasteiger partial charge in [-0.15, -0.1) is 0 Å². The van der Waals surface area contributed by atoms with Gasteiger partial charge in [-0.25, -0.2) is 0 Å². The lowest BCUT2D eigenvalue weighted by atomic mass is 9.42. The lowest BCUT2D eigenvalue weighted by Gasteiger charge is -2.60. The molecule has 2 fully saturated rings. The van der Waals surface area contributed by atoms with Gasteiger partial charge in [0.1, 0.15) is 11.9 Å². The van der Waals surface area contributed by atoms with E-state index in [1.165, 1.54) is 13.0 Å². The SMILES string of the molecule is C/C(=C/C(=O)C[C@H](C)C(=O)O)[C@H]1C[C@@H](O)[C@@]2(C)C3=C(C(=O)[C@H](O)[C@]12C)[C@@]1(C)CCC(=O)C(C)(C)[C@@H]1CC3=O. The summed E-state index contributed by atoms with van der Waals surface area (Å²) in [5.74, 6) is -4.08. The topological polar surface area (TPSA) is 146 Å². The van der Waals surface area contributed by atoms with Gasteiger partial charge < -0.3 is 15.3 Å². The maximum absolute atomic E-state index is 14.1. The Morgan fingerprint density at radius 2 is 1.66 bits per heavy atom. The molecule has 4 aliphatic rings. The molecule has 0 aliphatic heterocycles. The number of Topliss-reactive ketones (excluding diaryl/α,β-unsaturated/α-hetero) is 3. The van der Waals surface area contributed by atoms with Crippen LogP contribution in [-0.4, -0.2) is 56.6 Å². The molecule has 0 radical (unpaired) electrons. The average Bonchev–Trinajstić information content (AvgIpc) is 3.03. The van der Waals surface area contributed by atoms with Gasteiger partial charge in [0.05, 0.1) is 12.0 Å². The van der Waals surface area contributed by atoms with Gasteiger partial charge in [0.2, 0.25) is 0 Å². The van der Waals surface area contributed by atoms with Crippen molar-refractivity contribution >= 4 is 29.1 Å². The van der Waals surface area contributed by atoms with Crippen molar-refractivity contribution in [2.24, 2.45) is 39.4 Å². The Kier molecular flexibility index (Phi) is 6.60. The predicted octanol–water partition coefficient (Wildman–Crippen LogP) is 3.23. The third-order valence-electron chi connectivity index (χ3n) is 11.1. The molecular formula is C30H40O8. The molecule has 208 valence electrons. The van der Waals surface area contributed by atoms with Crippen LogP contribution in [0.4, 0.5) is 0 Å². The molecular weight excluding hydrogens is 488 g/mol. The van der Waals surface area contributed by atoms with Gasteiger partial charge >= 0.3 is 5.97 Å². The van der Waals surface area contributed by atoms with Crippen molar-refractivity contribution in [2.45, 2.75) is 92.8 Å². The summed E-state index contributed by atoms with van der Waals surface area (Å²) in [5.41, 5.74) is -3.08. The zero-order chi connectivity index (χ0) is 28.7. The Hall–Kier alpha value is -2.45. The average molecular weight is 529 g/mol. The molecule has 0 aromatic heterocycles. The number of hydrogen-bond acceptors (Lipinski definition) is 7. The molecule has 38 heavy (non-hydrogen) atoms. The minimum atomic E-state index is -1.53. The van der Waals surface area contributed by atoms with Crippen molar-refractivity contribution in [3.05, 3.63) is 22.8 Å². The van der Waals surface area contributed by atoms with Crippen molar-refractivity contribution in [1.29, 1.82) is 0 Å². The van der Waals surface area contributed by atoms with Crippen LogP contribution in [0.25, 0.3) is 0 Å². The number of carbonyl (C=O) groups excluding carboxylic acids is 4. The van der Waals surface area contributed by atoms with Crippen molar-refractivity contribution in [2.75, 3.05) is 0 Å². The monoisotopic (exact) mass is 528 g/mol. The van der Waals surface area contributed by atoms with E-state index in [4.69, 9.17) is 5.11 Å². The highest BCUT2D eigenvalue weighted by Crippen LogP contribution is 2.70. The van der Waals surface area contributed by atoms with Crippen LogP contribution in [0.5, 0.6) is 0 Å². The second-order valence-corrected chi connectivity index (χ2v) is 13.3. The highest BCUT2D eigenvalue weighted by atomic mass is 16.4. The summed E-state index contributed by atoms with van der Waals surface area (Å²) in [6, 6.07) is 0. The fourth-order valence-corrected chi connectivity index (χ4v) is 8.51. The van der Waals surface area contributed by atoms with Gasteiger partial charge in [-0.2, -0.15) is 0 Å². The predicted molar refractivity (Wildman–Crippen MR) is 138 cm³/mol. The molecule has 0 unspecified atom stereocenters. The number of aliphatic carboxylic acids is 1. The van der Waals surface area contributed by atoms with Crippen LogP contribution in [0.2, 0.25) is 0 Å². The highest BCUT2D eigenvalue weighted by Gasteiger charge is 2.73. The van der Waals surface area contributed by atoms with E-state index in [0.29, 0.717) is 12.0 Å². The Labute approximate surface area is 223 Å². The van der Waals surface area contributed by atoms with Gasteiger partial charge in [0.15, 0.2) is 17.3 Å². The fraction of sp³-hybridized carbons (Fsp3) is 0.700. The number of aliphatic hydroxyl groups is 2. The van der Waals surface area contributed by atoms with Crippen LogP contribution < -0.4 is 0 Å². The van der Waals surface area contributed by atoms with Crippen molar-refractivity contribution in [3.63, 3.8) is 0 Å². The zero-order valence-corrected chi connectivity index (χ0v) is 23.4. The van der Waals surface area contributed by atoms with Gasteiger partial charge in [0, 0.05) is 52.1 Å². The Morgan fingerprint density at radius 1 is 1.05 bits per heavy atom. The first-order valence-electron chi connectivity index (χ1n) is 13.5. The molecule has 8 atom stereocenters. The summed E-state index contributed by atoms with van der Waals surface area (Å²) in [4.78, 5) is 64.7. The normalized spacial score (nSPS) is 41.4. The summed E-state index contributed by atoms with van der Waals surface area (Å²) in [5, 5.41) is 32.4. The van der Waals surface area contributed by atoms with E-state index in [1.54, 1.807) is 20.8 Å². The number of carboxylic acids is 1. The number of fused-ring (bicyclic) bond motifs is 4. The minimum absolute atomic E-state index is 0.0558. The lowest BCUT2D eigenvalue weighted by Crippen LogP contribution is -2.64. The van der Waals surface area contributed by atoms with Gasteiger partial charge in [-0.3, -0.25) is 24.0 Å². The first-order chi connectivity index (χ1) is 17.4. The molecule has 4 aliphatic carbocycles. The van der Waals surface area contributed by atoms with Crippen LogP contribution >= 0.6 is 0 Å². The maximum Gasteiger partial charge on any atom is 0.306 e. The summed E-state index contributed by atoms with van der Waals surface area (Å²) in [7, 11) is 0. The summed E-state index contributed by atoms with van der Waals surface area (Å²) < 4.78 is 0. The molecule has 8 nitrogen and oxygen atoms in total. The number of rotatable bonds is 5. The molecule has 0 amide bonds. The Bertz CT molecular complexity index is 1210. The quantitative estimate of drug-likeness (QED) is 0.461. The van der Waals surface area contributed by atoms with E-state index in [1.807, 2.05) is 20.8 Å². The number of carbonyl (C=O) groups is 5. The lowest BCUT2D eigenvalue weighted by molar-refractivity contribution is -0.156. The number of allylic oxidation sites excluding steroid dienone is 2. The number of aliphatic hydroxyl groups excluding tert-OH is 2. The third kappa shape index (κ3) is 3.52. The third-order valence-corrected chi connectivity index (χ3v) is 11.1. The first-order valence-corrected chi connectivity index (χ1v) is 13.5. The van der Waals surface area contributed by atoms with E-state index in [0.717, 1.165) is 0 Å². The second kappa shape index (κ2) is 8.78. The minimum Gasteiger partial charge on any atom is -0.481 e. The van der Waals surface area contributed by atoms with Crippen molar-refractivity contribution in [1.82, 2.24) is 0 Å². The summed E-state index contributed by atoms with van der Waals surface area (Å²) in [6.45, 7) is 12.1. The van der Waals surface area contributed by atoms with Crippen molar-refractivity contribution in [3.8, 4) is 0 Å². The molecule has 0 aromatic rings. The number of hydrogen-bond donors (Lipinski definition) is 3. The molecule has 8 heteroatoms. The zero-order valence-electron chi connectivity index (χ0n) is 23.4. The standard InChI is InChI=1S/C30H40O8/c1-14(10-16(31)11-15(2)26(37)38)17-12-21(34)30(7)22-18(32)13-19-27(3,4)20(33)8-9-28(19,5)23(22)24(35)25(36)29(17,30)6/h10,15,17,19,21,25,34,36H,8-9,11-13H2,1-7H3,(H,37,38)/b14-10-/t15-,17+,19-,21+,25-,28-,29-,30-/m0/s1. The van der Waals surface area contributed by atoms with Crippen LogP contribution in [0.3, 0.4) is 0 Å². The van der Waals surface area contributed by atoms with E-state index in [2.05, 4.69) is 0 Å². The number of ketones is 4. The number of carboxylic acid groups (broad SMARTS) is 1. The van der Waals surface area contributed by atoms with Crippen LogP contribution in [0.15, 0.2) is 22.8 Å². The summed E-state index contributed by atoms with van der Waals surface area (Å²) in [6.07, 6.45) is -0.559. The molecule has 2 saturated carbocycles. The van der Waals surface area contributed by atoms with E-state index in [9.17, 15) is 34.2 Å². The Balaban J connectivity index is 1.86. The smallest absolute Gasteiger partial charge is 0.306 e. The van der Waals surface area contributed by atoms with E-state index in [-0.39, 0.29) is 54.2 Å². The first kappa shape index (κ1) is 28.6. The van der Waals surface area contributed by atoms with Gasteiger partial charge in [-0.1, -0.05) is 47.1 Å². The van der Waals surface area contributed by atoms with E-state index < -0.39 is 63.4 Å². The molecule has 0 aromatic carbocycles. The van der Waals surface area contributed by atoms with Gasteiger partial charge in [0.25, 0.3) is 0 Å². The molecule has 0 saturated heterocycles. The second-order valence-electron chi connectivity index (χ2n) is 13.3. The highest BCUT2D eigenvalue weighted by molar-refractivity contribution is 6.14. The van der Waals surface area contributed by atoms with Crippen molar-refractivity contribution < 1.29 is 39.3 Å². The fourth-order valence-electron chi connectivity index (χ4n) is 8.51. The molecule has 0 bridgehead atoms.